The number of rotatable bonds is 37. The van der Waals surface area contributed by atoms with Crippen LogP contribution in [0.25, 0.3) is 0 Å². The molecule has 334 valence electrons. The van der Waals surface area contributed by atoms with Gasteiger partial charge in [-0.15, -0.1) is 74.4 Å². The monoisotopic (exact) mass is 940 g/mol. The molecule has 0 amide bonds. The van der Waals surface area contributed by atoms with Crippen LogP contribution in [0.5, 0.6) is 0 Å². The summed E-state index contributed by atoms with van der Waals surface area (Å²) in [7, 11) is -6.55. The van der Waals surface area contributed by atoms with Crippen molar-refractivity contribution in [1.82, 2.24) is 9.80 Å². The first-order valence-electron chi connectivity index (χ1n) is 18.6. The van der Waals surface area contributed by atoms with Crippen LogP contribution < -0.4 is 22.9 Å². The molecule has 20 heteroatoms. The van der Waals surface area contributed by atoms with Gasteiger partial charge in [0, 0.05) is 65.4 Å². The van der Waals surface area contributed by atoms with Gasteiger partial charge in [-0.3, -0.25) is 9.13 Å². The third kappa shape index (κ3) is 42.9. The van der Waals surface area contributed by atoms with Crippen molar-refractivity contribution in [3.8, 4) is 0 Å². The molecule has 0 aliphatic heterocycles. The van der Waals surface area contributed by atoms with E-state index in [1.807, 2.05) is 0 Å². The minimum absolute atomic E-state index is 0. The molecule has 2 unspecified atom stereocenters. The fraction of sp³-hybridized carbons (Fsp3) is 0.882. The second-order valence-corrected chi connectivity index (χ2v) is 16.4. The third-order valence-corrected chi connectivity index (χ3v) is 11.5. The number of hydrogen-bond donors (Lipinski definition) is 4. The molecule has 0 aliphatic carbocycles. The summed E-state index contributed by atoms with van der Waals surface area (Å²) in [6, 6.07) is 0. The number of unbranched alkanes of at least 4 members (excludes halogenated alkanes) is 7. The molecule has 0 rings (SSSR count). The summed E-state index contributed by atoms with van der Waals surface area (Å²) in [6.45, 7) is 11.7. The molecule has 0 radical (unpaired) electrons. The maximum Gasteiger partial charge on any atom is 0.331 e. The molecule has 0 saturated heterocycles. The number of hydrogen-bond acceptors (Lipinski definition) is 12. The molecule has 0 heterocycles. The van der Waals surface area contributed by atoms with Gasteiger partial charge in [0.2, 0.25) is 0 Å². The average Bonchev–Trinajstić information content (AvgIpc) is 3.07. The van der Waals surface area contributed by atoms with Crippen LogP contribution in [0.4, 0.5) is 0 Å². The van der Waals surface area contributed by atoms with Crippen LogP contribution in [0.15, 0.2) is 24.3 Å². The number of halogens is 6. The molecule has 0 aromatic carbocycles. The quantitative estimate of drug-likeness (QED) is 0.0267. The maximum absolute atomic E-state index is 13.6. The van der Waals surface area contributed by atoms with Gasteiger partial charge in [0.1, 0.15) is 0 Å². The lowest BCUT2D eigenvalue weighted by Gasteiger charge is -2.24. The normalized spacial score (nSPS) is 13.3. The van der Waals surface area contributed by atoms with Crippen LogP contribution in [0.2, 0.25) is 0 Å². The lowest BCUT2D eigenvalue weighted by molar-refractivity contribution is 0.191. The topological polar surface area (TPSA) is 182 Å². The Balaban J connectivity index is -0.000000736. The molecule has 0 fully saturated rings. The first kappa shape index (κ1) is 69.9. The van der Waals surface area contributed by atoms with Gasteiger partial charge in [-0.25, -0.2) is 0 Å². The van der Waals surface area contributed by atoms with Gasteiger partial charge in [-0.1, -0.05) is 76.7 Å². The van der Waals surface area contributed by atoms with E-state index in [4.69, 9.17) is 41.0 Å². The Kier molecular flexibility index (Phi) is 65.2. The van der Waals surface area contributed by atoms with E-state index in [9.17, 15) is 9.13 Å². The van der Waals surface area contributed by atoms with Crippen molar-refractivity contribution in [2.75, 3.05) is 104 Å². The molecule has 54 heavy (non-hydrogen) atoms. The van der Waals surface area contributed by atoms with Crippen molar-refractivity contribution in [2.45, 2.75) is 90.9 Å². The van der Waals surface area contributed by atoms with E-state index in [1.54, 1.807) is 0 Å². The number of allylic oxidation sites excluding steroid dienone is 2. The van der Waals surface area contributed by atoms with Crippen molar-refractivity contribution in [2.24, 2.45) is 22.9 Å². The Morgan fingerprint density at radius 3 is 1.02 bits per heavy atom. The summed E-state index contributed by atoms with van der Waals surface area (Å²) in [5.41, 5.74) is 23.0. The molecule has 12 nitrogen and oxygen atoms in total. The summed E-state index contributed by atoms with van der Waals surface area (Å²) in [5.74, 6) is 0. The van der Waals surface area contributed by atoms with Gasteiger partial charge in [0.15, 0.2) is 0 Å². The van der Waals surface area contributed by atoms with Crippen molar-refractivity contribution in [3.05, 3.63) is 24.3 Å². The van der Waals surface area contributed by atoms with Crippen LogP contribution in [0.3, 0.4) is 0 Å². The van der Waals surface area contributed by atoms with Crippen LogP contribution in [0.1, 0.15) is 90.9 Å². The van der Waals surface area contributed by atoms with Crippen LogP contribution in [-0.4, -0.2) is 114 Å². The highest BCUT2D eigenvalue weighted by atomic mass is 35.5. The van der Waals surface area contributed by atoms with E-state index in [-0.39, 0.29) is 74.4 Å². The van der Waals surface area contributed by atoms with E-state index in [0.717, 1.165) is 64.2 Å². The minimum atomic E-state index is -3.27. The Bertz CT molecular complexity index is 817. The predicted octanol–water partition coefficient (Wildman–Crippen LogP) is 8.24. The van der Waals surface area contributed by atoms with Gasteiger partial charge >= 0.3 is 15.2 Å². The minimum Gasteiger partial charge on any atom is -0.329 e. The first-order chi connectivity index (χ1) is 23.3. The number of nitrogens with zero attached hydrogens (tertiary/aromatic N) is 2. The summed E-state index contributed by atoms with van der Waals surface area (Å²) in [4.78, 5) is 4.20. The standard InChI is InChI=1S/C34H74N6O6P2.6ClH/c1-3-5-7-9-11-15-29-43-47(41,33-27-39(23-19-35)24-20-36)45-31-17-13-14-18-32-46-48(42,34-28-40(25-21-37)26-22-38)44-30-16-12-10-8-6-4-2;;;;;;/h9-12H,3-8,13-38H2,1-2H3;6*1H/b11-9-,12-10-;;;;;;. The van der Waals surface area contributed by atoms with Crippen molar-refractivity contribution >= 4 is 89.6 Å². The van der Waals surface area contributed by atoms with Crippen LogP contribution in [-0.2, 0) is 27.2 Å². The zero-order valence-corrected chi connectivity index (χ0v) is 39.8. The van der Waals surface area contributed by atoms with E-state index < -0.39 is 15.2 Å². The van der Waals surface area contributed by atoms with Crippen molar-refractivity contribution in [3.63, 3.8) is 0 Å². The first-order valence-corrected chi connectivity index (χ1v) is 22.1. The van der Waals surface area contributed by atoms with Crippen LogP contribution in [0, 0.1) is 0 Å². The molecular formula is C34H80Cl6N6O6P2. The highest BCUT2D eigenvalue weighted by molar-refractivity contribution is 7.54. The molecule has 0 aromatic heterocycles. The smallest absolute Gasteiger partial charge is 0.329 e. The van der Waals surface area contributed by atoms with E-state index >= 15 is 0 Å². The third-order valence-electron chi connectivity index (χ3n) is 7.70. The average molecular weight is 944 g/mol. The summed E-state index contributed by atoms with van der Waals surface area (Å²) in [5, 5.41) is 0. The van der Waals surface area contributed by atoms with Gasteiger partial charge in [-0.2, -0.15) is 0 Å². The van der Waals surface area contributed by atoms with Crippen molar-refractivity contribution < 1.29 is 27.2 Å². The fourth-order valence-electron chi connectivity index (χ4n) is 4.86. The predicted molar refractivity (Wildman–Crippen MR) is 246 cm³/mol. The Labute approximate surface area is 367 Å². The molecule has 0 saturated carbocycles. The lowest BCUT2D eigenvalue weighted by atomic mass is 10.2. The lowest BCUT2D eigenvalue weighted by Crippen LogP contribution is -2.36. The molecule has 0 aliphatic rings. The molecule has 8 N–H and O–H groups in total. The summed E-state index contributed by atoms with van der Waals surface area (Å²) in [6.07, 6.45) is 20.5. The van der Waals surface area contributed by atoms with Gasteiger partial charge in [-0.05, 0) is 38.5 Å². The highest BCUT2D eigenvalue weighted by Gasteiger charge is 2.26. The Morgan fingerprint density at radius 1 is 0.426 bits per heavy atom. The zero-order valence-electron chi connectivity index (χ0n) is 33.1. The molecule has 2 atom stereocenters. The second-order valence-electron chi connectivity index (χ2n) is 12.1. The van der Waals surface area contributed by atoms with E-state index in [0.29, 0.717) is 117 Å². The van der Waals surface area contributed by atoms with Gasteiger partial charge in [0.05, 0.1) is 38.8 Å². The molecule has 0 spiro atoms. The highest BCUT2D eigenvalue weighted by Crippen LogP contribution is 2.49. The molecule has 0 bridgehead atoms. The summed E-state index contributed by atoms with van der Waals surface area (Å²) >= 11 is 0. The SMILES string of the molecule is CCCC/C=C\CCOP(=O)(CCN(CCN)CCN)OCCCCCCOP(=O)(CCN(CCN)CCN)OCC/C=C\CCCC.Cl.Cl.Cl.Cl.Cl.Cl. The second kappa shape index (κ2) is 50.4. The largest absolute Gasteiger partial charge is 0.331 e. The summed E-state index contributed by atoms with van der Waals surface area (Å²) < 4.78 is 50.8. The molecule has 0 aromatic rings. The molecular weight excluding hydrogens is 863 g/mol. The van der Waals surface area contributed by atoms with Crippen LogP contribution >= 0.6 is 89.6 Å². The number of nitrogens with two attached hydrogens (primary N) is 4. The Hall–Kier alpha value is 1.28. The Morgan fingerprint density at radius 2 is 0.722 bits per heavy atom. The van der Waals surface area contributed by atoms with Gasteiger partial charge in [0.25, 0.3) is 0 Å². The van der Waals surface area contributed by atoms with E-state index in [1.165, 1.54) is 0 Å². The maximum atomic E-state index is 13.6. The fourth-order valence-corrected chi connectivity index (χ4v) is 8.16. The zero-order chi connectivity index (χ0) is 35.6. The van der Waals surface area contributed by atoms with Gasteiger partial charge < -0.3 is 50.8 Å². The van der Waals surface area contributed by atoms with E-state index in [2.05, 4.69) is 48.0 Å². The van der Waals surface area contributed by atoms with Crippen molar-refractivity contribution in [1.29, 1.82) is 0 Å².